The zero-order chi connectivity index (χ0) is 15.8. The average Bonchev–Trinajstić information content (AvgIpc) is 3.05. The molecule has 0 fully saturated rings. The molecular weight excluding hydrogens is 292 g/mol. The largest absolute Gasteiger partial charge is 0.493 e. The summed E-state index contributed by atoms with van der Waals surface area (Å²) in [4.78, 5) is 12.8. The summed E-state index contributed by atoms with van der Waals surface area (Å²) in [7, 11) is 0. The summed E-state index contributed by atoms with van der Waals surface area (Å²) in [6.45, 7) is 2.49. The lowest BCUT2D eigenvalue weighted by molar-refractivity contribution is -0.118. The first kappa shape index (κ1) is 13.8. The minimum Gasteiger partial charge on any atom is -0.493 e. The van der Waals surface area contributed by atoms with Gasteiger partial charge in [-0.25, -0.2) is 0 Å². The number of amides is 1. The van der Waals surface area contributed by atoms with E-state index in [2.05, 4.69) is 15.5 Å². The molecule has 4 rings (SSSR count). The Labute approximate surface area is 133 Å². The summed E-state index contributed by atoms with van der Waals surface area (Å²) < 4.78 is 7.42. The molecule has 0 saturated carbocycles. The van der Waals surface area contributed by atoms with Gasteiger partial charge in [-0.05, 0) is 31.0 Å². The number of para-hydroxylation sites is 1. The molecule has 0 aliphatic carbocycles. The molecule has 116 valence electrons. The maximum Gasteiger partial charge on any atom is 0.232 e. The lowest BCUT2D eigenvalue weighted by atomic mass is 9.92. The van der Waals surface area contributed by atoms with Crippen LogP contribution < -0.4 is 10.1 Å². The Kier molecular flexibility index (Phi) is 3.22. The second-order valence-electron chi connectivity index (χ2n) is 5.65. The monoisotopic (exact) mass is 308 g/mol. The SMILES string of the molecule is Cc1ccn2cnnc2c1NC(=O)C1CCOc2ccccc21. The van der Waals surface area contributed by atoms with Crippen molar-refractivity contribution >= 4 is 17.2 Å². The number of carbonyl (C=O) groups is 1. The van der Waals surface area contributed by atoms with Crippen LogP contribution >= 0.6 is 0 Å². The standard InChI is InChI=1S/C17H16N4O2/c1-11-6-8-21-10-18-20-16(21)15(11)19-17(22)13-7-9-23-14-5-3-2-4-12(13)14/h2-6,8,10,13H,7,9H2,1H3,(H,19,22). The van der Waals surface area contributed by atoms with Crippen LogP contribution in [0.3, 0.4) is 0 Å². The van der Waals surface area contributed by atoms with E-state index in [9.17, 15) is 4.79 Å². The number of rotatable bonds is 2. The van der Waals surface area contributed by atoms with E-state index in [1.165, 1.54) is 0 Å². The predicted octanol–water partition coefficient (Wildman–Crippen LogP) is 2.54. The number of aryl methyl sites for hydroxylation is 1. The molecule has 0 saturated heterocycles. The third kappa shape index (κ3) is 2.32. The van der Waals surface area contributed by atoms with Crippen molar-refractivity contribution in [3.05, 3.63) is 54.0 Å². The van der Waals surface area contributed by atoms with Crippen molar-refractivity contribution in [2.45, 2.75) is 19.3 Å². The van der Waals surface area contributed by atoms with E-state index in [4.69, 9.17) is 4.74 Å². The summed E-state index contributed by atoms with van der Waals surface area (Å²) in [5.74, 6) is 0.527. The number of aromatic nitrogens is 3. The Hall–Kier alpha value is -2.89. The third-order valence-electron chi connectivity index (χ3n) is 4.20. The topological polar surface area (TPSA) is 68.5 Å². The fourth-order valence-corrected chi connectivity index (χ4v) is 2.96. The fraction of sp³-hybridized carbons (Fsp3) is 0.235. The van der Waals surface area contributed by atoms with Gasteiger partial charge in [0.05, 0.1) is 18.2 Å². The Morgan fingerprint density at radius 3 is 3.13 bits per heavy atom. The van der Waals surface area contributed by atoms with Crippen molar-refractivity contribution in [3.63, 3.8) is 0 Å². The number of ether oxygens (including phenoxy) is 1. The molecule has 6 heteroatoms. The van der Waals surface area contributed by atoms with Crippen molar-refractivity contribution in [1.29, 1.82) is 0 Å². The molecule has 1 unspecified atom stereocenters. The molecule has 1 atom stereocenters. The van der Waals surface area contributed by atoms with Gasteiger partial charge in [0, 0.05) is 11.8 Å². The number of benzene rings is 1. The van der Waals surface area contributed by atoms with Gasteiger partial charge in [-0.3, -0.25) is 9.20 Å². The van der Waals surface area contributed by atoms with Gasteiger partial charge < -0.3 is 10.1 Å². The van der Waals surface area contributed by atoms with Gasteiger partial charge in [0.1, 0.15) is 12.1 Å². The van der Waals surface area contributed by atoms with Gasteiger partial charge >= 0.3 is 0 Å². The number of carbonyl (C=O) groups excluding carboxylic acids is 1. The molecule has 3 heterocycles. The summed E-state index contributed by atoms with van der Waals surface area (Å²) in [5.41, 5.74) is 3.25. The zero-order valence-electron chi connectivity index (χ0n) is 12.7. The summed E-state index contributed by atoms with van der Waals surface area (Å²) in [5, 5.41) is 11.0. The van der Waals surface area contributed by atoms with Gasteiger partial charge in [-0.15, -0.1) is 10.2 Å². The maximum atomic E-state index is 12.8. The molecule has 0 radical (unpaired) electrons. The van der Waals surface area contributed by atoms with Gasteiger partial charge in [0.2, 0.25) is 5.91 Å². The number of hydrogen-bond acceptors (Lipinski definition) is 4. The first-order valence-corrected chi connectivity index (χ1v) is 7.55. The molecule has 23 heavy (non-hydrogen) atoms. The highest BCUT2D eigenvalue weighted by atomic mass is 16.5. The summed E-state index contributed by atoms with van der Waals surface area (Å²) in [6, 6.07) is 9.63. The van der Waals surface area contributed by atoms with Crippen molar-refractivity contribution in [2.75, 3.05) is 11.9 Å². The summed E-state index contributed by atoms with van der Waals surface area (Å²) in [6.07, 6.45) is 4.16. The van der Waals surface area contributed by atoms with E-state index in [0.717, 1.165) is 16.9 Å². The van der Waals surface area contributed by atoms with Crippen LogP contribution in [0.25, 0.3) is 5.65 Å². The van der Waals surface area contributed by atoms with E-state index in [-0.39, 0.29) is 11.8 Å². The van der Waals surface area contributed by atoms with Crippen LogP contribution in [0.15, 0.2) is 42.9 Å². The molecule has 1 amide bonds. The highest BCUT2D eigenvalue weighted by Crippen LogP contribution is 2.34. The fourth-order valence-electron chi connectivity index (χ4n) is 2.96. The Bertz CT molecular complexity index is 887. The second-order valence-corrected chi connectivity index (χ2v) is 5.65. The molecule has 0 spiro atoms. The van der Waals surface area contributed by atoms with Crippen LogP contribution in [0.2, 0.25) is 0 Å². The van der Waals surface area contributed by atoms with Crippen LogP contribution in [-0.4, -0.2) is 27.1 Å². The number of anilines is 1. The van der Waals surface area contributed by atoms with Gasteiger partial charge in [0.15, 0.2) is 5.65 Å². The van der Waals surface area contributed by atoms with Crippen LogP contribution in [0.4, 0.5) is 5.69 Å². The van der Waals surface area contributed by atoms with Gasteiger partial charge in [0.25, 0.3) is 0 Å². The minimum absolute atomic E-state index is 0.0417. The molecule has 1 N–H and O–H groups in total. The van der Waals surface area contributed by atoms with Crippen molar-refractivity contribution in [2.24, 2.45) is 0 Å². The lowest BCUT2D eigenvalue weighted by Crippen LogP contribution is -2.27. The van der Waals surface area contributed by atoms with Crippen LogP contribution in [-0.2, 0) is 4.79 Å². The normalized spacial score (nSPS) is 16.7. The van der Waals surface area contributed by atoms with Crippen molar-refractivity contribution < 1.29 is 9.53 Å². The molecule has 1 aromatic carbocycles. The van der Waals surface area contributed by atoms with E-state index >= 15 is 0 Å². The quantitative estimate of drug-likeness (QED) is 0.790. The van der Waals surface area contributed by atoms with Crippen LogP contribution in [0.5, 0.6) is 5.75 Å². The van der Waals surface area contributed by atoms with E-state index < -0.39 is 0 Å². The van der Waals surface area contributed by atoms with Crippen molar-refractivity contribution in [3.8, 4) is 5.75 Å². The number of nitrogens with zero attached hydrogens (tertiary/aromatic N) is 3. The highest BCUT2D eigenvalue weighted by molar-refractivity contribution is 5.99. The van der Waals surface area contributed by atoms with Crippen molar-refractivity contribution in [1.82, 2.24) is 14.6 Å². The smallest absolute Gasteiger partial charge is 0.232 e. The third-order valence-corrected chi connectivity index (χ3v) is 4.20. The zero-order valence-corrected chi connectivity index (χ0v) is 12.7. The maximum absolute atomic E-state index is 12.8. The van der Waals surface area contributed by atoms with E-state index in [1.54, 1.807) is 10.7 Å². The number of fused-ring (bicyclic) bond motifs is 2. The summed E-state index contributed by atoms with van der Waals surface area (Å²) >= 11 is 0. The predicted molar refractivity (Wildman–Crippen MR) is 85.6 cm³/mol. The Balaban J connectivity index is 1.68. The van der Waals surface area contributed by atoms with Gasteiger partial charge in [-0.1, -0.05) is 18.2 Å². The molecule has 6 nitrogen and oxygen atoms in total. The number of hydrogen-bond donors (Lipinski definition) is 1. The van der Waals surface area contributed by atoms with E-state index in [1.807, 2.05) is 43.5 Å². The lowest BCUT2D eigenvalue weighted by Gasteiger charge is -2.25. The molecule has 1 aliphatic heterocycles. The second kappa shape index (κ2) is 5.39. The first-order chi connectivity index (χ1) is 11.2. The molecule has 0 bridgehead atoms. The van der Waals surface area contributed by atoms with E-state index in [0.29, 0.717) is 24.4 Å². The number of nitrogens with one attached hydrogen (secondary N) is 1. The van der Waals surface area contributed by atoms with Gasteiger partial charge in [-0.2, -0.15) is 0 Å². The highest BCUT2D eigenvalue weighted by Gasteiger charge is 2.28. The Morgan fingerprint density at radius 2 is 2.22 bits per heavy atom. The molecule has 2 aromatic heterocycles. The van der Waals surface area contributed by atoms with Crippen LogP contribution in [0, 0.1) is 6.92 Å². The first-order valence-electron chi connectivity index (χ1n) is 7.55. The molecular formula is C17H16N4O2. The Morgan fingerprint density at radius 1 is 1.35 bits per heavy atom. The number of pyridine rings is 1. The minimum atomic E-state index is -0.220. The average molecular weight is 308 g/mol. The molecule has 1 aliphatic rings. The molecule has 3 aromatic rings. The van der Waals surface area contributed by atoms with Crippen LogP contribution in [0.1, 0.15) is 23.5 Å².